The van der Waals surface area contributed by atoms with Crippen LogP contribution < -0.4 is 5.32 Å². The van der Waals surface area contributed by atoms with E-state index < -0.39 is 0 Å². The van der Waals surface area contributed by atoms with Crippen LogP contribution in [0.1, 0.15) is 13.3 Å². The first-order chi connectivity index (χ1) is 9.49. The molecule has 0 spiro atoms. The van der Waals surface area contributed by atoms with E-state index in [4.69, 9.17) is 23.2 Å². The van der Waals surface area contributed by atoms with Gasteiger partial charge in [-0.05, 0) is 38.1 Å². The second-order valence-electron chi connectivity index (χ2n) is 4.93. The number of likely N-dealkylation sites (N-methyl/N-ethyl adjacent to an activating group) is 1. The molecule has 1 aromatic rings. The van der Waals surface area contributed by atoms with Gasteiger partial charge in [-0.2, -0.15) is 0 Å². The second-order valence-corrected chi connectivity index (χ2v) is 7.16. The van der Waals surface area contributed by atoms with E-state index in [9.17, 15) is 4.79 Å². The van der Waals surface area contributed by atoms with Gasteiger partial charge in [0.15, 0.2) is 0 Å². The van der Waals surface area contributed by atoms with Crippen molar-refractivity contribution in [2.75, 3.05) is 20.1 Å². The van der Waals surface area contributed by atoms with Crippen LogP contribution in [0.5, 0.6) is 0 Å². The Bertz CT molecular complexity index is 495. The molecule has 3 nitrogen and oxygen atoms in total. The molecule has 1 aliphatic heterocycles. The highest BCUT2D eigenvalue weighted by Crippen LogP contribution is 2.33. The lowest BCUT2D eigenvalue weighted by molar-refractivity contribution is -0.130. The van der Waals surface area contributed by atoms with Gasteiger partial charge in [0.05, 0.1) is 10.3 Å². The van der Waals surface area contributed by atoms with Crippen molar-refractivity contribution < 1.29 is 4.79 Å². The highest BCUT2D eigenvalue weighted by molar-refractivity contribution is 8.00. The summed E-state index contributed by atoms with van der Waals surface area (Å²) < 4.78 is 0. The molecule has 0 aromatic heterocycles. The molecule has 21 heavy (non-hydrogen) atoms. The van der Waals surface area contributed by atoms with Crippen molar-refractivity contribution in [3.05, 3.63) is 28.2 Å². The first kappa shape index (κ1) is 18.9. The largest absolute Gasteiger partial charge is 0.340 e. The molecule has 0 saturated carbocycles. The minimum atomic E-state index is -0.184. The van der Waals surface area contributed by atoms with E-state index in [1.807, 2.05) is 18.9 Å². The summed E-state index contributed by atoms with van der Waals surface area (Å²) >= 11 is 13.6. The van der Waals surface area contributed by atoms with E-state index >= 15 is 0 Å². The number of amides is 1. The van der Waals surface area contributed by atoms with Crippen LogP contribution in [0, 0.1) is 0 Å². The zero-order valence-electron chi connectivity index (χ0n) is 11.9. The fraction of sp³-hybridized carbons (Fsp3) is 0.500. The van der Waals surface area contributed by atoms with Gasteiger partial charge >= 0.3 is 0 Å². The quantitative estimate of drug-likeness (QED) is 0.821. The summed E-state index contributed by atoms with van der Waals surface area (Å²) in [7, 11) is 1.87. The van der Waals surface area contributed by atoms with E-state index in [0.717, 1.165) is 24.4 Å². The molecule has 0 radical (unpaired) electrons. The number of nitrogens with zero attached hydrogens (tertiary/aromatic N) is 1. The number of hydrogen-bond acceptors (Lipinski definition) is 3. The summed E-state index contributed by atoms with van der Waals surface area (Å²) in [4.78, 5) is 15.1. The van der Waals surface area contributed by atoms with Gasteiger partial charge < -0.3 is 10.2 Å². The van der Waals surface area contributed by atoms with Crippen molar-refractivity contribution in [3.63, 3.8) is 0 Å². The molecule has 0 bridgehead atoms. The van der Waals surface area contributed by atoms with E-state index in [2.05, 4.69) is 5.32 Å². The van der Waals surface area contributed by atoms with Crippen molar-refractivity contribution in [2.45, 2.75) is 29.5 Å². The Hall–Kier alpha value is -0.130. The van der Waals surface area contributed by atoms with Crippen LogP contribution in [0.3, 0.4) is 0 Å². The van der Waals surface area contributed by atoms with Crippen LogP contribution in [0.4, 0.5) is 0 Å². The van der Waals surface area contributed by atoms with Crippen LogP contribution in [-0.2, 0) is 4.79 Å². The van der Waals surface area contributed by atoms with Gasteiger partial charge in [-0.1, -0.05) is 23.2 Å². The Morgan fingerprint density at radius 3 is 2.81 bits per heavy atom. The Morgan fingerprint density at radius 1 is 1.48 bits per heavy atom. The molecule has 1 aromatic carbocycles. The highest BCUT2D eigenvalue weighted by atomic mass is 35.5. The molecule has 1 amide bonds. The predicted octanol–water partition coefficient (Wildman–Crippen LogP) is 3.72. The number of carbonyl (C=O) groups excluding carboxylic acids is 1. The fourth-order valence-corrected chi connectivity index (χ4v) is 3.76. The smallest absolute Gasteiger partial charge is 0.235 e. The summed E-state index contributed by atoms with van der Waals surface area (Å²) in [5.74, 6) is 0.125. The van der Waals surface area contributed by atoms with E-state index in [1.54, 1.807) is 18.2 Å². The van der Waals surface area contributed by atoms with Crippen molar-refractivity contribution in [3.8, 4) is 0 Å². The molecular weight excluding hydrogens is 351 g/mol. The average molecular weight is 370 g/mol. The first-order valence-corrected chi connectivity index (χ1v) is 8.21. The van der Waals surface area contributed by atoms with Crippen LogP contribution in [0.25, 0.3) is 0 Å². The maximum absolute atomic E-state index is 12.4. The minimum Gasteiger partial charge on any atom is -0.340 e. The van der Waals surface area contributed by atoms with Crippen LogP contribution in [-0.4, -0.2) is 42.2 Å². The van der Waals surface area contributed by atoms with Gasteiger partial charge in [0.25, 0.3) is 0 Å². The monoisotopic (exact) mass is 368 g/mol. The molecule has 1 aliphatic rings. The average Bonchev–Trinajstić information content (AvgIpc) is 2.95. The number of hydrogen-bond donors (Lipinski definition) is 1. The van der Waals surface area contributed by atoms with E-state index in [0.29, 0.717) is 16.1 Å². The number of rotatable bonds is 4. The maximum atomic E-state index is 12.4. The predicted molar refractivity (Wildman–Crippen MR) is 93.1 cm³/mol. The van der Waals surface area contributed by atoms with E-state index in [1.165, 1.54) is 11.8 Å². The zero-order chi connectivity index (χ0) is 14.7. The van der Waals surface area contributed by atoms with Crippen molar-refractivity contribution in [2.24, 2.45) is 0 Å². The molecule has 7 heteroatoms. The summed E-state index contributed by atoms with van der Waals surface area (Å²) in [5.41, 5.74) is 0. The number of nitrogens with one attached hydrogen (secondary N) is 1. The molecule has 0 aliphatic carbocycles. The SMILES string of the molecule is CC(Sc1cc(Cl)ccc1Cl)C(=O)N(C)C1CCNC1.Cl. The molecule has 1 saturated heterocycles. The standard InChI is InChI=1S/C14H18Cl2N2OS.ClH/c1-9(14(19)18(2)11-5-6-17-8-11)20-13-7-10(15)3-4-12(13)16;/h3-4,7,9,11,17H,5-6,8H2,1-2H3;1H. The number of halogens is 3. The molecule has 1 fully saturated rings. The van der Waals surface area contributed by atoms with Gasteiger partial charge in [-0.25, -0.2) is 0 Å². The van der Waals surface area contributed by atoms with Crippen LogP contribution >= 0.6 is 47.4 Å². The first-order valence-electron chi connectivity index (χ1n) is 6.58. The minimum absolute atomic E-state index is 0. The summed E-state index contributed by atoms with van der Waals surface area (Å²) in [6, 6.07) is 5.60. The third-order valence-electron chi connectivity index (χ3n) is 3.47. The molecule has 2 atom stereocenters. The number of carbonyl (C=O) groups is 1. The Kier molecular flexibility index (Phi) is 7.65. The van der Waals surface area contributed by atoms with Gasteiger partial charge in [0, 0.05) is 29.6 Å². The van der Waals surface area contributed by atoms with Crippen LogP contribution in [0.2, 0.25) is 10.0 Å². The summed E-state index contributed by atoms with van der Waals surface area (Å²) in [6.45, 7) is 3.75. The molecule has 1 N–H and O–H groups in total. The Labute approximate surface area is 146 Å². The lowest BCUT2D eigenvalue weighted by Gasteiger charge is -2.26. The van der Waals surface area contributed by atoms with Crippen molar-refractivity contribution >= 4 is 53.3 Å². The zero-order valence-corrected chi connectivity index (χ0v) is 15.1. The van der Waals surface area contributed by atoms with Gasteiger partial charge in [-0.15, -0.1) is 24.2 Å². The molecule has 2 unspecified atom stereocenters. The number of thioether (sulfide) groups is 1. The summed E-state index contributed by atoms with van der Waals surface area (Å²) in [6.07, 6.45) is 1.01. The van der Waals surface area contributed by atoms with Gasteiger partial charge in [0.2, 0.25) is 5.91 Å². The lowest BCUT2D eigenvalue weighted by Crippen LogP contribution is -2.42. The Morgan fingerprint density at radius 2 is 2.19 bits per heavy atom. The van der Waals surface area contributed by atoms with Gasteiger partial charge in [0.1, 0.15) is 0 Å². The van der Waals surface area contributed by atoms with Crippen molar-refractivity contribution in [1.29, 1.82) is 0 Å². The number of benzene rings is 1. The van der Waals surface area contributed by atoms with E-state index in [-0.39, 0.29) is 23.6 Å². The third kappa shape index (κ3) is 4.93. The van der Waals surface area contributed by atoms with Crippen LogP contribution in [0.15, 0.2) is 23.1 Å². The normalized spacial score (nSPS) is 19.0. The summed E-state index contributed by atoms with van der Waals surface area (Å²) in [5, 5.41) is 4.35. The third-order valence-corrected chi connectivity index (χ3v) is 5.30. The highest BCUT2D eigenvalue weighted by Gasteiger charge is 2.27. The Balaban J connectivity index is 0.00000220. The molecule has 2 rings (SSSR count). The topological polar surface area (TPSA) is 32.3 Å². The molecule has 1 heterocycles. The maximum Gasteiger partial charge on any atom is 0.235 e. The second kappa shape index (κ2) is 8.49. The van der Waals surface area contributed by atoms with Crippen molar-refractivity contribution in [1.82, 2.24) is 10.2 Å². The van der Waals surface area contributed by atoms with Gasteiger partial charge in [-0.3, -0.25) is 4.79 Å². The lowest BCUT2D eigenvalue weighted by atomic mass is 10.2. The molecule has 118 valence electrons. The molecular formula is C14H19Cl3N2OS. The fourth-order valence-electron chi connectivity index (χ4n) is 2.25.